The zero-order valence-electron chi connectivity index (χ0n) is 15.7. The van der Waals surface area contributed by atoms with Crippen LogP contribution in [0.3, 0.4) is 0 Å². The van der Waals surface area contributed by atoms with Crippen LogP contribution in [0.15, 0.2) is 59.0 Å². The fraction of sp³-hybridized carbons (Fsp3) is 0.286. The van der Waals surface area contributed by atoms with E-state index in [1.54, 1.807) is 19.1 Å². The summed E-state index contributed by atoms with van der Waals surface area (Å²) in [5.41, 5.74) is 2.01. The standard InChI is InChI=1S/C21H22N4O3/c1-16-22-23-21(28-16)17-7-9-19(10-8-17)27-15-20(26)25-13-11-24(12-14-25)18-5-3-2-4-6-18/h2-10H,11-15H2,1H3. The summed E-state index contributed by atoms with van der Waals surface area (Å²) in [7, 11) is 0. The first-order valence-electron chi connectivity index (χ1n) is 9.30. The van der Waals surface area contributed by atoms with Crippen LogP contribution in [0.5, 0.6) is 5.75 Å². The van der Waals surface area contributed by atoms with Crippen LogP contribution < -0.4 is 9.64 Å². The van der Waals surface area contributed by atoms with E-state index in [9.17, 15) is 4.79 Å². The third kappa shape index (κ3) is 4.14. The largest absolute Gasteiger partial charge is 0.484 e. The minimum atomic E-state index is 0.00399. The lowest BCUT2D eigenvalue weighted by molar-refractivity contribution is -0.133. The third-order valence-corrected chi connectivity index (χ3v) is 4.74. The summed E-state index contributed by atoms with van der Waals surface area (Å²) in [6.45, 7) is 4.84. The zero-order chi connectivity index (χ0) is 19.3. The van der Waals surface area contributed by atoms with E-state index in [4.69, 9.17) is 9.15 Å². The quantitative estimate of drug-likeness (QED) is 0.680. The summed E-state index contributed by atoms with van der Waals surface area (Å²) in [4.78, 5) is 16.6. The summed E-state index contributed by atoms with van der Waals surface area (Å²) in [5, 5.41) is 7.81. The number of carbonyl (C=O) groups is 1. The number of ether oxygens (including phenoxy) is 1. The number of rotatable bonds is 5. The molecule has 0 aliphatic carbocycles. The topological polar surface area (TPSA) is 71.7 Å². The molecule has 1 amide bonds. The Bertz CT molecular complexity index is 916. The van der Waals surface area contributed by atoms with E-state index in [0.717, 1.165) is 18.7 Å². The molecule has 0 atom stereocenters. The molecule has 3 aromatic rings. The number of carbonyl (C=O) groups excluding carboxylic acids is 1. The van der Waals surface area contributed by atoms with Gasteiger partial charge in [-0.1, -0.05) is 18.2 Å². The van der Waals surface area contributed by atoms with Gasteiger partial charge in [-0.05, 0) is 36.4 Å². The Morgan fingerprint density at radius 3 is 2.36 bits per heavy atom. The van der Waals surface area contributed by atoms with Crippen molar-refractivity contribution in [3.8, 4) is 17.2 Å². The van der Waals surface area contributed by atoms with Gasteiger partial charge >= 0.3 is 0 Å². The van der Waals surface area contributed by atoms with Crippen molar-refractivity contribution in [1.82, 2.24) is 15.1 Å². The number of nitrogens with zero attached hydrogens (tertiary/aromatic N) is 4. The smallest absolute Gasteiger partial charge is 0.260 e. The number of hydrogen-bond acceptors (Lipinski definition) is 6. The summed E-state index contributed by atoms with van der Waals surface area (Å²) in [6.07, 6.45) is 0. The van der Waals surface area contributed by atoms with Gasteiger partial charge in [0.25, 0.3) is 5.91 Å². The molecule has 7 heteroatoms. The maximum Gasteiger partial charge on any atom is 0.260 e. The molecule has 144 valence electrons. The van der Waals surface area contributed by atoms with Crippen LogP contribution in [0.1, 0.15) is 5.89 Å². The average Bonchev–Trinajstić information content (AvgIpc) is 3.19. The summed E-state index contributed by atoms with van der Waals surface area (Å²) >= 11 is 0. The number of amides is 1. The fourth-order valence-electron chi connectivity index (χ4n) is 3.20. The molecule has 1 saturated heterocycles. The van der Waals surface area contributed by atoms with E-state index < -0.39 is 0 Å². The highest BCUT2D eigenvalue weighted by molar-refractivity contribution is 5.78. The number of piperazine rings is 1. The van der Waals surface area contributed by atoms with E-state index in [1.165, 1.54) is 5.69 Å². The van der Waals surface area contributed by atoms with Crippen LogP contribution in [0.4, 0.5) is 5.69 Å². The van der Waals surface area contributed by atoms with Crippen molar-refractivity contribution in [3.63, 3.8) is 0 Å². The molecule has 0 saturated carbocycles. The van der Waals surface area contributed by atoms with E-state index >= 15 is 0 Å². The third-order valence-electron chi connectivity index (χ3n) is 4.74. The highest BCUT2D eigenvalue weighted by Crippen LogP contribution is 2.21. The Hall–Kier alpha value is -3.35. The van der Waals surface area contributed by atoms with Crippen LogP contribution >= 0.6 is 0 Å². The Kier molecular flexibility index (Phi) is 5.23. The monoisotopic (exact) mass is 378 g/mol. The molecule has 28 heavy (non-hydrogen) atoms. The van der Waals surface area contributed by atoms with Crippen molar-refractivity contribution in [3.05, 3.63) is 60.5 Å². The van der Waals surface area contributed by atoms with Crippen LogP contribution in [0.2, 0.25) is 0 Å². The minimum absolute atomic E-state index is 0.00399. The average molecular weight is 378 g/mol. The number of aryl methyl sites for hydroxylation is 1. The molecule has 0 N–H and O–H groups in total. The Morgan fingerprint density at radius 1 is 1.00 bits per heavy atom. The maximum atomic E-state index is 12.5. The van der Waals surface area contributed by atoms with Crippen LogP contribution in [-0.2, 0) is 4.79 Å². The van der Waals surface area contributed by atoms with Crippen molar-refractivity contribution in [1.29, 1.82) is 0 Å². The summed E-state index contributed by atoms with van der Waals surface area (Å²) in [6, 6.07) is 17.6. The Labute approximate surface area is 163 Å². The highest BCUT2D eigenvalue weighted by atomic mass is 16.5. The Morgan fingerprint density at radius 2 is 1.71 bits per heavy atom. The predicted molar refractivity (Wildman–Crippen MR) is 105 cm³/mol. The van der Waals surface area contributed by atoms with Crippen molar-refractivity contribution in [2.24, 2.45) is 0 Å². The first-order chi connectivity index (χ1) is 13.7. The maximum absolute atomic E-state index is 12.5. The lowest BCUT2D eigenvalue weighted by Crippen LogP contribution is -2.50. The highest BCUT2D eigenvalue weighted by Gasteiger charge is 2.21. The SMILES string of the molecule is Cc1nnc(-c2ccc(OCC(=O)N3CCN(c4ccccc4)CC3)cc2)o1. The molecule has 4 rings (SSSR count). The molecular formula is C21H22N4O3. The van der Waals surface area contributed by atoms with Crippen molar-refractivity contribution >= 4 is 11.6 Å². The summed E-state index contributed by atoms with van der Waals surface area (Å²) in [5.74, 6) is 1.63. The molecule has 7 nitrogen and oxygen atoms in total. The molecule has 0 bridgehead atoms. The van der Waals surface area contributed by atoms with E-state index in [1.807, 2.05) is 35.2 Å². The second-order valence-electron chi connectivity index (χ2n) is 6.64. The number of hydrogen-bond donors (Lipinski definition) is 0. The van der Waals surface area contributed by atoms with Gasteiger partial charge in [0.05, 0.1) is 0 Å². The first-order valence-corrected chi connectivity index (χ1v) is 9.30. The minimum Gasteiger partial charge on any atom is -0.484 e. The molecule has 0 unspecified atom stereocenters. The first kappa shape index (κ1) is 18.0. The van der Waals surface area contributed by atoms with Gasteiger partial charge in [0.15, 0.2) is 6.61 Å². The van der Waals surface area contributed by atoms with Crippen molar-refractivity contribution in [2.75, 3.05) is 37.7 Å². The number of aromatic nitrogens is 2. The van der Waals surface area contributed by atoms with Crippen LogP contribution in [0.25, 0.3) is 11.5 Å². The van der Waals surface area contributed by atoms with Crippen LogP contribution in [0, 0.1) is 6.92 Å². The van der Waals surface area contributed by atoms with Gasteiger partial charge in [0.2, 0.25) is 11.8 Å². The van der Waals surface area contributed by atoms with Gasteiger partial charge in [-0.25, -0.2) is 0 Å². The lowest BCUT2D eigenvalue weighted by atomic mass is 10.2. The van der Waals surface area contributed by atoms with E-state index in [-0.39, 0.29) is 12.5 Å². The van der Waals surface area contributed by atoms with Gasteiger partial charge in [-0.2, -0.15) is 0 Å². The second kappa shape index (κ2) is 8.12. The number of anilines is 1. The fourth-order valence-corrected chi connectivity index (χ4v) is 3.20. The predicted octanol–water partition coefficient (Wildman–Crippen LogP) is 2.77. The van der Waals surface area contributed by atoms with Gasteiger partial charge in [0, 0.05) is 44.4 Å². The summed E-state index contributed by atoms with van der Waals surface area (Å²) < 4.78 is 11.1. The lowest BCUT2D eigenvalue weighted by Gasteiger charge is -2.36. The molecule has 2 heterocycles. The molecule has 1 aliphatic heterocycles. The molecular weight excluding hydrogens is 356 g/mol. The molecule has 0 spiro atoms. The van der Waals surface area contributed by atoms with Gasteiger partial charge < -0.3 is 19.0 Å². The van der Waals surface area contributed by atoms with Gasteiger partial charge in [-0.3, -0.25) is 4.79 Å². The van der Waals surface area contributed by atoms with E-state index in [0.29, 0.717) is 30.6 Å². The number of para-hydroxylation sites is 1. The van der Waals surface area contributed by atoms with Gasteiger partial charge in [-0.15, -0.1) is 10.2 Å². The molecule has 2 aromatic carbocycles. The molecule has 1 aromatic heterocycles. The number of benzene rings is 2. The Balaban J connectivity index is 1.27. The molecule has 0 radical (unpaired) electrons. The molecule has 1 fully saturated rings. The second-order valence-corrected chi connectivity index (χ2v) is 6.64. The zero-order valence-corrected chi connectivity index (χ0v) is 15.7. The normalized spacial score (nSPS) is 14.2. The van der Waals surface area contributed by atoms with Crippen molar-refractivity contribution < 1.29 is 13.9 Å². The van der Waals surface area contributed by atoms with E-state index in [2.05, 4.69) is 27.2 Å². The van der Waals surface area contributed by atoms with Gasteiger partial charge in [0.1, 0.15) is 5.75 Å². The van der Waals surface area contributed by atoms with Crippen LogP contribution in [-0.4, -0.2) is 53.8 Å². The molecule has 1 aliphatic rings. The van der Waals surface area contributed by atoms with Crippen molar-refractivity contribution in [2.45, 2.75) is 6.92 Å².